The summed E-state index contributed by atoms with van der Waals surface area (Å²) in [6.07, 6.45) is -3.71. The van der Waals surface area contributed by atoms with Gasteiger partial charge in [-0.2, -0.15) is 10.4 Å². The highest BCUT2D eigenvalue weighted by atomic mass is 16.7. The van der Waals surface area contributed by atoms with Crippen LogP contribution in [-0.2, 0) is 38.9 Å². The largest absolute Gasteiger partial charge is 0.508 e. The first-order valence-electron chi connectivity index (χ1n) is 8.96. The molecule has 1 fully saturated rings. The van der Waals surface area contributed by atoms with Crippen LogP contribution in [0.4, 0.5) is 10.6 Å². The SMILES string of the molecule is COC(=O)OC[C@H]1O[C@@](C#N)(c2ccc3c(N)ncnn23)[C@H](OC(C)=O)[C@@H]1OC(C)=O. The monoisotopic (exact) mass is 433 g/mol. The summed E-state index contributed by atoms with van der Waals surface area (Å²) in [5.74, 6) is -1.34. The molecule has 3 rings (SSSR count). The normalized spacial score (nSPS) is 24.9. The summed E-state index contributed by atoms with van der Waals surface area (Å²) in [5, 5.41) is 14.3. The maximum absolute atomic E-state index is 11.9. The second-order valence-electron chi connectivity index (χ2n) is 6.53. The first-order valence-corrected chi connectivity index (χ1v) is 8.96. The molecule has 13 nitrogen and oxygen atoms in total. The summed E-state index contributed by atoms with van der Waals surface area (Å²) in [7, 11) is 1.11. The lowest BCUT2D eigenvalue weighted by atomic mass is 9.92. The van der Waals surface area contributed by atoms with E-state index in [4.69, 9.17) is 24.7 Å². The van der Waals surface area contributed by atoms with E-state index in [9.17, 15) is 19.6 Å². The van der Waals surface area contributed by atoms with Gasteiger partial charge in [-0.3, -0.25) is 9.59 Å². The first-order chi connectivity index (χ1) is 14.7. The molecule has 4 atom stereocenters. The minimum Gasteiger partial charge on any atom is -0.455 e. The summed E-state index contributed by atoms with van der Waals surface area (Å²) in [5.41, 5.74) is 4.39. The lowest BCUT2D eigenvalue weighted by Crippen LogP contribution is -2.45. The Morgan fingerprint density at radius 1 is 1.29 bits per heavy atom. The highest BCUT2D eigenvalue weighted by molar-refractivity contribution is 5.69. The van der Waals surface area contributed by atoms with Crippen LogP contribution in [0.25, 0.3) is 5.52 Å². The van der Waals surface area contributed by atoms with Gasteiger partial charge < -0.3 is 29.4 Å². The average Bonchev–Trinajstić information content (AvgIpc) is 3.27. The van der Waals surface area contributed by atoms with Crippen molar-refractivity contribution in [3.05, 3.63) is 24.2 Å². The van der Waals surface area contributed by atoms with Crippen molar-refractivity contribution >= 4 is 29.4 Å². The number of methoxy groups -OCH3 is 1. The third-order valence-electron chi connectivity index (χ3n) is 4.56. The summed E-state index contributed by atoms with van der Waals surface area (Å²) in [6, 6.07) is 5.04. The van der Waals surface area contributed by atoms with E-state index in [1.807, 2.05) is 6.07 Å². The van der Waals surface area contributed by atoms with Gasteiger partial charge >= 0.3 is 18.1 Å². The molecule has 0 bridgehead atoms. The molecular formula is C18H19N5O8. The number of nitrogens with zero attached hydrogens (tertiary/aromatic N) is 4. The molecule has 0 radical (unpaired) electrons. The molecule has 0 aromatic carbocycles. The number of hydrogen-bond acceptors (Lipinski definition) is 12. The van der Waals surface area contributed by atoms with Gasteiger partial charge in [0.15, 0.2) is 18.0 Å². The Morgan fingerprint density at radius 3 is 2.61 bits per heavy atom. The van der Waals surface area contributed by atoms with Crippen LogP contribution in [0.2, 0.25) is 0 Å². The van der Waals surface area contributed by atoms with Crippen molar-refractivity contribution in [1.82, 2.24) is 14.6 Å². The van der Waals surface area contributed by atoms with Crippen molar-refractivity contribution in [2.75, 3.05) is 19.5 Å². The van der Waals surface area contributed by atoms with Gasteiger partial charge in [0.25, 0.3) is 0 Å². The van der Waals surface area contributed by atoms with Gasteiger partial charge in [0.2, 0.25) is 5.60 Å². The summed E-state index contributed by atoms with van der Waals surface area (Å²) in [4.78, 5) is 38.9. The maximum atomic E-state index is 11.9. The molecule has 0 unspecified atom stereocenters. The van der Waals surface area contributed by atoms with Crippen LogP contribution in [0.15, 0.2) is 18.5 Å². The smallest absolute Gasteiger partial charge is 0.455 e. The number of carbonyl (C=O) groups is 3. The molecule has 2 aromatic heterocycles. The standard InChI is InChI=1S/C18H19N5O8/c1-9(24)29-14-12(6-28-17(26)27-3)31-18(7-19,15(14)30-10(2)25)13-5-4-11-16(20)21-8-22-23(11)13/h4-5,8,12,14-15H,6H2,1-3H3,(H2,20,21,22)/t12-,14-,15-,18+/m1/s1. The fourth-order valence-corrected chi connectivity index (χ4v) is 3.38. The van der Waals surface area contributed by atoms with Crippen molar-refractivity contribution in [3.63, 3.8) is 0 Å². The van der Waals surface area contributed by atoms with E-state index in [0.29, 0.717) is 5.52 Å². The van der Waals surface area contributed by atoms with Gasteiger partial charge in [-0.15, -0.1) is 0 Å². The molecular weight excluding hydrogens is 414 g/mol. The van der Waals surface area contributed by atoms with Crippen molar-refractivity contribution < 1.29 is 38.1 Å². The van der Waals surface area contributed by atoms with Crippen LogP contribution in [0.1, 0.15) is 19.5 Å². The Morgan fingerprint density at radius 2 is 2.00 bits per heavy atom. The Kier molecular flexibility index (Phi) is 5.93. The highest BCUT2D eigenvalue weighted by Crippen LogP contribution is 2.43. The molecule has 0 saturated carbocycles. The van der Waals surface area contributed by atoms with Crippen LogP contribution in [0, 0.1) is 11.3 Å². The van der Waals surface area contributed by atoms with Gasteiger partial charge in [-0.25, -0.2) is 14.3 Å². The predicted octanol–water partition coefficient (Wildman–Crippen LogP) is 0.0756. The number of rotatable bonds is 5. The fourth-order valence-electron chi connectivity index (χ4n) is 3.38. The van der Waals surface area contributed by atoms with Crippen LogP contribution >= 0.6 is 0 Å². The van der Waals surface area contributed by atoms with Crippen LogP contribution < -0.4 is 5.73 Å². The summed E-state index contributed by atoms with van der Waals surface area (Å²) in [6.45, 7) is 1.81. The van der Waals surface area contributed by atoms with E-state index in [-0.39, 0.29) is 11.5 Å². The summed E-state index contributed by atoms with van der Waals surface area (Å²) < 4.78 is 27.3. The zero-order valence-electron chi connectivity index (χ0n) is 16.8. The van der Waals surface area contributed by atoms with Gasteiger partial charge in [0.05, 0.1) is 12.8 Å². The molecule has 0 amide bonds. The van der Waals surface area contributed by atoms with Crippen molar-refractivity contribution in [2.24, 2.45) is 0 Å². The molecule has 13 heteroatoms. The molecule has 2 aromatic rings. The van der Waals surface area contributed by atoms with Crippen molar-refractivity contribution in [2.45, 2.75) is 37.8 Å². The number of nitrogens with two attached hydrogens (primary N) is 1. The lowest BCUT2D eigenvalue weighted by Gasteiger charge is -2.28. The number of hydrogen-bond donors (Lipinski definition) is 1. The van der Waals surface area contributed by atoms with E-state index in [1.165, 1.54) is 16.9 Å². The molecule has 0 spiro atoms. The van der Waals surface area contributed by atoms with E-state index in [1.54, 1.807) is 6.07 Å². The topological polar surface area (TPSA) is 177 Å². The fraction of sp³-hybridized carbons (Fsp3) is 0.444. The van der Waals surface area contributed by atoms with E-state index in [0.717, 1.165) is 21.0 Å². The first kappa shape index (κ1) is 21.8. The minimum atomic E-state index is -1.98. The molecule has 1 aliphatic heterocycles. The maximum Gasteiger partial charge on any atom is 0.508 e. The highest BCUT2D eigenvalue weighted by Gasteiger charge is 2.62. The molecule has 1 aliphatic rings. The number of nitriles is 1. The van der Waals surface area contributed by atoms with Crippen LogP contribution in [-0.4, -0.2) is 64.7 Å². The van der Waals surface area contributed by atoms with E-state index >= 15 is 0 Å². The third-order valence-corrected chi connectivity index (χ3v) is 4.56. The minimum absolute atomic E-state index is 0.137. The zero-order chi connectivity index (χ0) is 22.8. The lowest BCUT2D eigenvalue weighted by molar-refractivity contribution is -0.166. The number of carbonyl (C=O) groups excluding carboxylic acids is 3. The van der Waals surface area contributed by atoms with Crippen molar-refractivity contribution in [1.29, 1.82) is 5.26 Å². The van der Waals surface area contributed by atoms with Gasteiger partial charge in [0.1, 0.15) is 30.6 Å². The summed E-state index contributed by atoms with van der Waals surface area (Å²) >= 11 is 0. The number of anilines is 1. The number of esters is 2. The third kappa shape index (κ3) is 3.92. The van der Waals surface area contributed by atoms with Crippen LogP contribution in [0.5, 0.6) is 0 Å². The predicted molar refractivity (Wildman–Crippen MR) is 99.0 cm³/mol. The molecule has 2 N–H and O–H groups in total. The molecule has 164 valence electrons. The Bertz CT molecular complexity index is 1060. The quantitative estimate of drug-likeness (QED) is 0.496. The molecule has 31 heavy (non-hydrogen) atoms. The van der Waals surface area contributed by atoms with Gasteiger partial charge in [-0.05, 0) is 12.1 Å². The molecule has 0 aliphatic carbocycles. The Hall–Kier alpha value is -3.92. The van der Waals surface area contributed by atoms with Gasteiger partial charge in [0, 0.05) is 13.8 Å². The molecule has 3 heterocycles. The average molecular weight is 433 g/mol. The number of fused-ring (bicyclic) bond motifs is 1. The number of ether oxygens (including phenoxy) is 5. The number of aromatic nitrogens is 3. The molecule has 1 saturated heterocycles. The van der Waals surface area contributed by atoms with E-state index < -0.39 is 48.6 Å². The second-order valence-corrected chi connectivity index (χ2v) is 6.53. The zero-order valence-corrected chi connectivity index (χ0v) is 16.8. The van der Waals surface area contributed by atoms with E-state index in [2.05, 4.69) is 14.8 Å². The Balaban J connectivity index is 2.14. The van der Waals surface area contributed by atoms with Crippen LogP contribution in [0.3, 0.4) is 0 Å². The number of nitrogen functional groups attached to an aromatic ring is 1. The second kappa shape index (κ2) is 8.44. The Labute approximate surface area is 175 Å². The van der Waals surface area contributed by atoms with Gasteiger partial charge in [-0.1, -0.05) is 0 Å². The van der Waals surface area contributed by atoms with Crippen molar-refractivity contribution in [3.8, 4) is 6.07 Å².